The number of ether oxygens (including phenoxy) is 1. The maximum absolute atomic E-state index is 13.4. The van der Waals surface area contributed by atoms with Crippen LogP contribution in [0, 0.1) is 0 Å². The van der Waals surface area contributed by atoms with Gasteiger partial charge in [-0.1, -0.05) is 0 Å². The fraction of sp³-hybridized carbons (Fsp3) is 0.375. The van der Waals surface area contributed by atoms with E-state index in [9.17, 15) is 26.4 Å². The lowest BCUT2D eigenvalue weighted by Gasteiger charge is -2.15. The normalized spacial score (nSPS) is 12.1. The first-order valence-corrected chi connectivity index (χ1v) is 9.84. The molecule has 1 amide bonds. The zero-order valence-corrected chi connectivity index (χ0v) is 16.3. The van der Waals surface area contributed by atoms with Gasteiger partial charge in [0.05, 0.1) is 30.8 Å². The molecular formula is C16H19F3N4O4S. The number of methoxy groups -OCH3 is 1. The van der Waals surface area contributed by atoms with Crippen molar-refractivity contribution in [3.63, 3.8) is 0 Å². The smallest absolute Gasteiger partial charge is 0.433 e. The molecule has 12 heteroatoms. The molecule has 8 nitrogen and oxygen atoms in total. The molecule has 0 unspecified atom stereocenters. The fourth-order valence-corrected chi connectivity index (χ4v) is 3.03. The van der Waals surface area contributed by atoms with Crippen LogP contribution >= 0.6 is 0 Å². The SMILES string of the molecule is COc1ccc(NC(=O)c2cnn(C(C)C)c2C(F)(F)F)cc1NS(C)(=O)=O. The highest BCUT2D eigenvalue weighted by atomic mass is 32.2. The number of sulfonamides is 1. The summed E-state index contributed by atoms with van der Waals surface area (Å²) in [5, 5.41) is 5.98. The standard InChI is InChI=1S/C16H19F3N4O4S/c1-9(2)23-14(16(17,18)19)11(8-20-23)15(24)21-10-5-6-13(27-3)12(7-10)22-28(4,25)26/h5-9,22H,1-4H3,(H,21,24). The molecule has 2 rings (SSSR count). The zero-order chi connectivity index (χ0) is 21.3. The van der Waals surface area contributed by atoms with Gasteiger partial charge in [-0.05, 0) is 32.0 Å². The molecule has 0 saturated heterocycles. The van der Waals surface area contributed by atoms with Crippen molar-refractivity contribution in [2.75, 3.05) is 23.4 Å². The lowest BCUT2D eigenvalue weighted by Crippen LogP contribution is -2.22. The summed E-state index contributed by atoms with van der Waals surface area (Å²) in [4.78, 5) is 12.4. The van der Waals surface area contributed by atoms with E-state index in [1.165, 1.54) is 39.2 Å². The van der Waals surface area contributed by atoms with Crippen LogP contribution in [0.3, 0.4) is 0 Å². The molecule has 0 fully saturated rings. The second-order valence-corrected chi connectivity index (χ2v) is 7.93. The minimum atomic E-state index is -4.78. The largest absolute Gasteiger partial charge is 0.495 e. The van der Waals surface area contributed by atoms with Gasteiger partial charge in [-0.3, -0.25) is 14.2 Å². The Morgan fingerprint density at radius 3 is 2.43 bits per heavy atom. The average Bonchev–Trinajstić information content (AvgIpc) is 2.99. The number of carbonyl (C=O) groups is 1. The van der Waals surface area contributed by atoms with Gasteiger partial charge >= 0.3 is 6.18 Å². The first-order chi connectivity index (χ1) is 12.8. The van der Waals surface area contributed by atoms with Crippen molar-refractivity contribution in [1.82, 2.24) is 9.78 Å². The van der Waals surface area contributed by atoms with Gasteiger partial charge in [-0.15, -0.1) is 0 Å². The van der Waals surface area contributed by atoms with Crippen LogP contribution in [0.25, 0.3) is 0 Å². The molecule has 0 aliphatic rings. The summed E-state index contributed by atoms with van der Waals surface area (Å²) >= 11 is 0. The number of nitrogens with zero attached hydrogens (tertiary/aromatic N) is 2. The Bertz CT molecular complexity index is 984. The van der Waals surface area contributed by atoms with Crippen molar-refractivity contribution in [2.24, 2.45) is 0 Å². The van der Waals surface area contributed by atoms with Gasteiger partial charge in [0, 0.05) is 11.7 Å². The summed E-state index contributed by atoms with van der Waals surface area (Å²) in [5.74, 6) is -0.860. The van der Waals surface area contributed by atoms with E-state index in [1.54, 1.807) is 0 Å². The molecule has 0 bridgehead atoms. The summed E-state index contributed by atoms with van der Waals surface area (Å²) in [7, 11) is -2.33. The Morgan fingerprint density at radius 2 is 1.93 bits per heavy atom. The van der Waals surface area contributed by atoms with Gasteiger partial charge in [0.15, 0.2) is 5.69 Å². The van der Waals surface area contributed by atoms with E-state index >= 15 is 0 Å². The van der Waals surface area contributed by atoms with Crippen molar-refractivity contribution in [3.05, 3.63) is 35.7 Å². The van der Waals surface area contributed by atoms with E-state index in [1.807, 2.05) is 0 Å². The number of amides is 1. The Labute approximate surface area is 159 Å². The Morgan fingerprint density at radius 1 is 1.29 bits per heavy atom. The summed E-state index contributed by atoms with van der Waals surface area (Å²) < 4.78 is 71.1. The molecule has 0 saturated carbocycles. The molecular weight excluding hydrogens is 401 g/mol. The maximum Gasteiger partial charge on any atom is 0.433 e. The van der Waals surface area contributed by atoms with Crippen molar-refractivity contribution in [3.8, 4) is 5.75 Å². The quantitative estimate of drug-likeness (QED) is 0.748. The van der Waals surface area contributed by atoms with Crippen LogP contribution in [-0.4, -0.2) is 37.5 Å². The molecule has 1 aromatic heterocycles. The van der Waals surface area contributed by atoms with Crippen LogP contribution < -0.4 is 14.8 Å². The van der Waals surface area contributed by atoms with E-state index in [-0.39, 0.29) is 17.1 Å². The van der Waals surface area contributed by atoms with Crippen LogP contribution in [0.4, 0.5) is 24.5 Å². The molecule has 2 N–H and O–H groups in total. The second kappa shape index (κ2) is 7.70. The highest BCUT2D eigenvalue weighted by molar-refractivity contribution is 7.92. The van der Waals surface area contributed by atoms with Crippen LogP contribution in [0.5, 0.6) is 5.75 Å². The predicted octanol–water partition coefficient (Wildman–Crippen LogP) is 3.12. The third-order valence-electron chi connectivity index (χ3n) is 3.55. The molecule has 1 heterocycles. The summed E-state index contributed by atoms with van der Waals surface area (Å²) in [5.41, 5.74) is -1.71. The number of carbonyl (C=O) groups excluding carboxylic acids is 1. The molecule has 0 atom stereocenters. The highest BCUT2D eigenvalue weighted by Crippen LogP contribution is 2.34. The van der Waals surface area contributed by atoms with E-state index in [2.05, 4.69) is 15.1 Å². The third kappa shape index (κ3) is 4.94. The number of hydrogen-bond donors (Lipinski definition) is 2. The molecule has 1 aromatic carbocycles. The highest BCUT2D eigenvalue weighted by Gasteiger charge is 2.40. The number of benzene rings is 1. The number of anilines is 2. The lowest BCUT2D eigenvalue weighted by atomic mass is 10.2. The van der Waals surface area contributed by atoms with Crippen LogP contribution in [0.1, 0.15) is 35.9 Å². The van der Waals surface area contributed by atoms with E-state index in [0.29, 0.717) is 0 Å². The molecule has 28 heavy (non-hydrogen) atoms. The second-order valence-electron chi connectivity index (χ2n) is 6.19. The van der Waals surface area contributed by atoms with Crippen LogP contribution in [0.2, 0.25) is 0 Å². The summed E-state index contributed by atoms with van der Waals surface area (Å²) in [6.45, 7) is 3.02. The van der Waals surface area contributed by atoms with Gasteiger partial charge in [-0.2, -0.15) is 18.3 Å². The average molecular weight is 420 g/mol. The molecule has 0 radical (unpaired) electrons. The molecule has 0 aliphatic carbocycles. The van der Waals surface area contributed by atoms with E-state index in [4.69, 9.17) is 4.74 Å². The monoisotopic (exact) mass is 420 g/mol. The Kier molecular flexibility index (Phi) is 5.92. The minimum absolute atomic E-state index is 0.0247. The number of alkyl halides is 3. The summed E-state index contributed by atoms with van der Waals surface area (Å²) in [6, 6.07) is 3.36. The Balaban J connectivity index is 2.40. The van der Waals surface area contributed by atoms with Crippen molar-refractivity contribution >= 4 is 27.3 Å². The molecule has 0 spiro atoms. The number of rotatable bonds is 6. The van der Waals surface area contributed by atoms with Gasteiger partial charge in [0.1, 0.15) is 5.75 Å². The molecule has 0 aliphatic heterocycles. The first kappa shape index (κ1) is 21.5. The summed E-state index contributed by atoms with van der Waals surface area (Å²) in [6.07, 6.45) is -3.01. The topological polar surface area (TPSA) is 102 Å². The molecule has 154 valence electrons. The number of hydrogen-bond acceptors (Lipinski definition) is 5. The number of aromatic nitrogens is 2. The van der Waals surface area contributed by atoms with Gasteiger partial charge < -0.3 is 10.1 Å². The lowest BCUT2D eigenvalue weighted by molar-refractivity contribution is -0.145. The van der Waals surface area contributed by atoms with Gasteiger partial charge in [0.2, 0.25) is 10.0 Å². The van der Waals surface area contributed by atoms with Crippen molar-refractivity contribution in [2.45, 2.75) is 26.1 Å². The van der Waals surface area contributed by atoms with Crippen molar-refractivity contribution < 1.29 is 31.1 Å². The number of nitrogens with one attached hydrogen (secondary N) is 2. The van der Waals surface area contributed by atoms with E-state index < -0.39 is 39.4 Å². The predicted molar refractivity (Wildman–Crippen MR) is 97.0 cm³/mol. The van der Waals surface area contributed by atoms with Crippen LogP contribution in [-0.2, 0) is 16.2 Å². The first-order valence-electron chi connectivity index (χ1n) is 7.95. The molecule has 2 aromatic rings. The minimum Gasteiger partial charge on any atom is -0.495 e. The third-order valence-corrected chi connectivity index (χ3v) is 4.14. The van der Waals surface area contributed by atoms with Gasteiger partial charge in [0.25, 0.3) is 5.91 Å². The van der Waals surface area contributed by atoms with Crippen molar-refractivity contribution in [1.29, 1.82) is 0 Å². The van der Waals surface area contributed by atoms with Gasteiger partial charge in [-0.25, -0.2) is 8.42 Å². The maximum atomic E-state index is 13.4. The number of halogens is 3. The Hall–Kier alpha value is -2.76. The zero-order valence-electron chi connectivity index (χ0n) is 15.5. The fourth-order valence-electron chi connectivity index (χ4n) is 2.47. The van der Waals surface area contributed by atoms with Crippen LogP contribution in [0.15, 0.2) is 24.4 Å². The van der Waals surface area contributed by atoms with E-state index in [0.717, 1.165) is 17.1 Å².